The van der Waals surface area contributed by atoms with Crippen LogP contribution in [-0.2, 0) is 0 Å². The minimum atomic E-state index is -1.50. The van der Waals surface area contributed by atoms with Gasteiger partial charge in [-0.05, 0) is 6.92 Å². The van der Waals surface area contributed by atoms with Crippen molar-refractivity contribution >= 4 is 5.69 Å². The molecular weight excluding hydrogens is 185 g/mol. The van der Waals surface area contributed by atoms with E-state index >= 15 is 0 Å². The molecule has 0 atom stereocenters. The van der Waals surface area contributed by atoms with Crippen LogP contribution in [0.2, 0.25) is 0 Å². The second kappa shape index (κ2) is 3.51. The number of nitrogens with zero attached hydrogens (tertiary/aromatic N) is 1. The molecule has 0 saturated carbocycles. The van der Waals surface area contributed by atoms with Gasteiger partial charge in [0.1, 0.15) is 5.69 Å². The smallest absolute Gasteiger partial charge is 0.255 e. The molecule has 0 spiro atoms. The number of aromatic nitrogens is 1. The van der Waals surface area contributed by atoms with Crippen LogP contribution in [0.4, 0.5) is 18.9 Å². The predicted octanol–water partition coefficient (Wildman–Crippen LogP) is 1.48. The van der Waals surface area contributed by atoms with Gasteiger partial charge in [0, 0.05) is 0 Å². The maximum atomic E-state index is 12.9. The van der Waals surface area contributed by atoms with Gasteiger partial charge in [-0.1, -0.05) is 0 Å². The van der Waals surface area contributed by atoms with E-state index in [1.165, 1.54) is 0 Å². The Bertz CT molecular complexity index is 330. The Labute approximate surface area is 72.3 Å². The van der Waals surface area contributed by atoms with Crippen molar-refractivity contribution in [3.05, 3.63) is 17.6 Å². The molecule has 1 rings (SSSR count). The van der Waals surface area contributed by atoms with E-state index < -0.39 is 29.1 Å². The van der Waals surface area contributed by atoms with Crippen LogP contribution in [0.5, 0.6) is 5.88 Å². The van der Waals surface area contributed by atoms with E-state index in [0.717, 1.165) is 0 Å². The molecule has 0 bridgehead atoms. The highest BCUT2D eigenvalue weighted by atomic mass is 19.2. The van der Waals surface area contributed by atoms with Crippen molar-refractivity contribution in [3.8, 4) is 5.88 Å². The normalized spacial score (nSPS) is 10.2. The van der Waals surface area contributed by atoms with Crippen LogP contribution in [0.15, 0.2) is 0 Å². The minimum absolute atomic E-state index is 0.0917. The third-order valence-electron chi connectivity index (χ3n) is 1.32. The Morgan fingerprint density at radius 3 is 2.46 bits per heavy atom. The molecule has 1 heterocycles. The van der Waals surface area contributed by atoms with Crippen molar-refractivity contribution in [3.63, 3.8) is 0 Å². The van der Waals surface area contributed by atoms with Gasteiger partial charge in [0.05, 0.1) is 6.61 Å². The van der Waals surface area contributed by atoms with E-state index in [2.05, 4.69) is 9.72 Å². The molecule has 0 aromatic carbocycles. The van der Waals surface area contributed by atoms with Gasteiger partial charge in [-0.15, -0.1) is 0 Å². The summed E-state index contributed by atoms with van der Waals surface area (Å²) in [6, 6.07) is 0. The standard InChI is InChI=1S/C7H7F3N2O/c1-2-13-7-4(9)5(11)3(8)6(10)12-7/h2H2,1H3,(H2,11,12). The van der Waals surface area contributed by atoms with E-state index in [9.17, 15) is 13.2 Å². The quantitative estimate of drug-likeness (QED) is 0.722. The van der Waals surface area contributed by atoms with Gasteiger partial charge in [-0.2, -0.15) is 18.2 Å². The van der Waals surface area contributed by atoms with E-state index in [0.29, 0.717) is 0 Å². The Kier molecular flexibility index (Phi) is 2.60. The van der Waals surface area contributed by atoms with E-state index in [-0.39, 0.29) is 6.61 Å². The SMILES string of the molecule is CCOc1nc(F)c(F)c(N)c1F. The molecule has 6 heteroatoms. The van der Waals surface area contributed by atoms with Crippen LogP contribution in [0.3, 0.4) is 0 Å². The lowest BCUT2D eigenvalue weighted by Crippen LogP contribution is -2.06. The molecule has 0 radical (unpaired) electrons. The second-order valence-corrected chi connectivity index (χ2v) is 2.18. The molecule has 0 aliphatic rings. The van der Waals surface area contributed by atoms with Crippen molar-refractivity contribution in [2.45, 2.75) is 6.92 Å². The molecule has 0 aliphatic carbocycles. The van der Waals surface area contributed by atoms with E-state index in [4.69, 9.17) is 5.73 Å². The highest BCUT2D eigenvalue weighted by molar-refractivity contribution is 5.44. The number of pyridine rings is 1. The van der Waals surface area contributed by atoms with Crippen molar-refractivity contribution in [1.29, 1.82) is 0 Å². The fourth-order valence-corrected chi connectivity index (χ4v) is 0.742. The number of rotatable bonds is 2. The van der Waals surface area contributed by atoms with Crippen LogP contribution in [-0.4, -0.2) is 11.6 Å². The molecule has 72 valence electrons. The number of halogens is 3. The summed E-state index contributed by atoms with van der Waals surface area (Å²) in [6.07, 6.45) is 0. The van der Waals surface area contributed by atoms with Crippen LogP contribution >= 0.6 is 0 Å². The number of ether oxygens (including phenoxy) is 1. The molecule has 0 aliphatic heterocycles. The van der Waals surface area contributed by atoms with Crippen molar-refractivity contribution < 1.29 is 17.9 Å². The Balaban J connectivity index is 3.24. The average molecular weight is 192 g/mol. The van der Waals surface area contributed by atoms with Gasteiger partial charge in [0.25, 0.3) is 11.8 Å². The zero-order chi connectivity index (χ0) is 10.0. The van der Waals surface area contributed by atoms with Crippen molar-refractivity contribution in [2.75, 3.05) is 12.3 Å². The summed E-state index contributed by atoms with van der Waals surface area (Å²) >= 11 is 0. The lowest BCUT2D eigenvalue weighted by Gasteiger charge is -2.05. The van der Waals surface area contributed by atoms with Crippen LogP contribution in [0.25, 0.3) is 0 Å². The van der Waals surface area contributed by atoms with Crippen LogP contribution in [0, 0.1) is 17.6 Å². The summed E-state index contributed by atoms with van der Waals surface area (Å²) < 4.78 is 42.6. The lowest BCUT2D eigenvalue weighted by molar-refractivity contribution is 0.297. The fraction of sp³-hybridized carbons (Fsp3) is 0.286. The highest BCUT2D eigenvalue weighted by Crippen LogP contribution is 2.24. The van der Waals surface area contributed by atoms with Gasteiger partial charge >= 0.3 is 0 Å². The molecule has 0 unspecified atom stereocenters. The first-order chi connectivity index (χ1) is 6.07. The largest absolute Gasteiger partial charge is 0.476 e. The molecule has 0 fully saturated rings. The topological polar surface area (TPSA) is 48.1 Å². The summed E-state index contributed by atoms with van der Waals surface area (Å²) in [4.78, 5) is 2.90. The third kappa shape index (κ3) is 1.66. The summed E-state index contributed by atoms with van der Waals surface area (Å²) in [5.74, 6) is -4.78. The zero-order valence-electron chi connectivity index (χ0n) is 6.77. The summed E-state index contributed by atoms with van der Waals surface area (Å²) in [5, 5.41) is 0. The number of hydrogen-bond donors (Lipinski definition) is 1. The molecule has 2 N–H and O–H groups in total. The summed E-state index contributed by atoms with van der Waals surface area (Å²) in [6.45, 7) is 1.65. The molecule has 0 saturated heterocycles. The predicted molar refractivity (Wildman–Crippen MR) is 39.7 cm³/mol. The first kappa shape index (κ1) is 9.63. The zero-order valence-corrected chi connectivity index (χ0v) is 6.77. The molecule has 1 aromatic heterocycles. The number of nitrogen functional groups attached to an aromatic ring is 1. The molecule has 1 aromatic rings. The van der Waals surface area contributed by atoms with Crippen molar-refractivity contribution in [2.24, 2.45) is 0 Å². The summed E-state index contributed by atoms with van der Waals surface area (Å²) in [5.41, 5.74) is 3.98. The number of hydrogen-bond acceptors (Lipinski definition) is 3. The van der Waals surface area contributed by atoms with Gasteiger partial charge < -0.3 is 10.5 Å². The minimum Gasteiger partial charge on any atom is -0.476 e. The number of anilines is 1. The van der Waals surface area contributed by atoms with Crippen LogP contribution in [0.1, 0.15) is 6.92 Å². The Hall–Kier alpha value is -1.46. The average Bonchev–Trinajstić information content (AvgIpc) is 2.11. The third-order valence-corrected chi connectivity index (χ3v) is 1.32. The van der Waals surface area contributed by atoms with Crippen molar-refractivity contribution in [1.82, 2.24) is 4.98 Å². The Morgan fingerprint density at radius 2 is 1.92 bits per heavy atom. The lowest BCUT2D eigenvalue weighted by atomic mass is 10.3. The van der Waals surface area contributed by atoms with E-state index in [1.807, 2.05) is 0 Å². The molecule has 0 amide bonds. The first-order valence-electron chi connectivity index (χ1n) is 3.50. The molecule has 13 heavy (non-hydrogen) atoms. The number of nitrogens with two attached hydrogens (primary N) is 1. The highest BCUT2D eigenvalue weighted by Gasteiger charge is 2.18. The molecular formula is C7H7F3N2O. The maximum absolute atomic E-state index is 12.9. The van der Waals surface area contributed by atoms with Gasteiger partial charge in [-0.25, -0.2) is 0 Å². The second-order valence-electron chi connectivity index (χ2n) is 2.18. The monoisotopic (exact) mass is 192 g/mol. The first-order valence-corrected chi connectivity index (χ1v) is 3.50. The van der Waals surface area contributed by atoms with Gasteiger partial charge in [-0.3, -0.25) is 0 Å². The fourth-order valence-electron chi connectivity index (χ4n) is 0.742. The molecule has 3 nitrogen and oxygen atoms in total. The Morgan fingerprint density at radius 1 is 1.31 bits per heavy atom. The van der Waals surface area contributed by atoms with Gasteiger partial charge in [0.15, 0.2) is 0 Å². The van der Waals surface area contributed by atoms with Gasteiger partial charge in [0.2, 0.25) is 11.6 Å². The van der Waals surface area contributed by atoms with E-state index in [1.54, 1.807) is 6.92 Å². The maximum Gasteiger partial charge on any atom is 0.255 e. The summed E-state index contributed by atoms with van der Waals surface area (Å²) in [7, 11) is 0. The van der Waals surface area contributed by atoms with Crippen LogP contribution < -0.4 is 10.5 Å².